The minimum absolute atomic E-state index is 0.174. The van der Waals surface area contributed by atoms with Gasteiger partial charge in [-0.05, 0) is 87.0 Å². The molecule has 4 bridgehead atoms. The fourth-order valence-electron chi connectivity index (χ4n) is 7.32. The first-order chi connectivity index (χ1) is 15.6. The molecule has 0 spiro atoms. The van der Waals surface area contributed by atoms with E-state index < -0.39 is 0 Å². The van der Waals surface area contributed by atoms with Crippen molar-refractivity contribution >= 4 is 11.6 Å². The minimum atomic E-state index is -0.220. The van der Waals surface area contributed by atoms with E-state index in [9.17, 15) is 9.90 Å². The van der Waals surface area contributed by atoms with Gasteiger partial charge in [0.25, 0.3) is 0 Å². The van der Waals surface area contributed by atoms with Crippen LogP contribution in [0.4, 0.5) is 5.69 Å². The molecule has 2 heterocycles. The van der Waals surface area contributed by atoms with Crippen LogP contribution < -0.4 is 10.2 Å². The SMILES string of the molecule is O=C(NC1CCCN(c2ccc(-c3ccccn3)cc2)C1)C12CC3CC(C1)C(O)C(C3)C2. The summed E-state index contributed by atoms with van der Waals surface area (Å²) in [5.41, 5.74) is 3.10. The van der Waals surface area contributed by atoms with Crippen LogP contribution in [0.1, 0.15) is 44.9 Å². The number of benzene rings is 1. The Morgan fingerprint density at radius 1 is 1.06 bits per heavy atom. The fraction of sp³-hybridized carbons (Fsp3) is 0.556. The lowest BCUT2D eigenvalue weighted by Crippen LogP contribution is -2.60. The molecule has 4 aliphatic carbocycles. The second-order valence-corrected chi connectivity index (χ2v) is 10.8. The van der Waals surface area contributed by atoms with Gasteiger partial charge < -0.3 is 15.3 Å². The Balaban J connectivity index is 1.12. The maximum absolute atomic E-state index is 13.5. The van der Waals surface area contributed by atoms with Crippen LogP contribution in [-0.4, -0.2) is 41.2 Å². The lowest BCUT2D eigenvalue weighted by molar-refractivity contribution is -0.163. The van der Waals surface area contributed by atoms with Crippen molar-refractivity contribution in [1.82, 2.24) is 10.3 Å². The molecule has 1 aromatic heterocycles. The van der Waals surface area contributed by atoms with Gasteiger partial charge >= 0.3 is 0 Å². The molecule has 1 saturated heterocycles. The first-order valence-electron chi connectivity index (χ1n) is 12.4. The van der Waals surface area contributed by atoms with Crippen molar-refractivity contribution in [2.75, 3.05) is 18.0 Å². The standard InChI is InChI=1S/C27H33N3O2/c31-25-20-12-18-13-21(25)16-27(14-18,15-20)26(32)29-22-4-3-11-30(17-22)23-8-6-19(7-9-23)24-5-1-2-10-28-24/h1-2,5-10,18,20-22,25,31H,3-4,11-17H2,(H,29,32). The molecule has 2 aromatic rings. The highest BCUT2D eigenvalue weighted by Crippen LogP contribution is 2.60. The number of nitrogens with zero attached hydrogens (tertiary/aromatic N) is 2. The molecule has 4 saturated carbocycles. The highest BCUT2D eigenvalue weighted by atomic mass is 16.3. The van der Waals surface area contributed by atoms with Crippen LogP contribution in [-0.2, 0) is 4.79 Å². The van der Waals surface area contributed by atoms with Gasteiger partial charge in [-0.3, -0.25) is 9.78 Å². The van der Waals surface area contributed by atoms with Crippen LogP contribution in [0.5, 0.6) is 0 Å². The van der Waals surface area contributed by atoms with Crippen molar-refractivity contribution in [1.29, 1.82) is 0 Å². The number of aromatic nitrogens is 1. The number of carbonyl (C=O) groups excluding carboxylic acids is 1. The zero-order chi connectivity index (χ0) is 21.7. The molecule has 0 radical (unpaired) electrons. The van der Waals surface area contributed by atoms with E-state index in [-0.39, 0.29) is 23.5 Å². The van der Waals surface area contributed by atoms with E-state index in [0.29, 0.717) is 17.8 Å². The van der Waals surface area contributed by atoms with Gasteiger partial charge in [-0.15, -0.1) is 0 Å². The van der Waals surface area contributed by atoms with E-state index in [0.717, 1.165) is 69.3 Å². The van der Waals surface area contributed by atoms with Gasteiger partial charge in [-0.1, -0.05) is 18.2 Å². The molecule has 3 unspecified atom stereocenters. The summed E-state index contributed by atoms with van der Waals surface area (Å²) < 4.78 is 0. The average molecular weight is 432 g/mol. The van der Waals surface area contributed by atoms with Crippen molar-refractivity contribution in [2.24, 2.45) is 23.2 Å². The third-order valence-electron chi connectivity index (χ3n) is 8.65. The molecule has 1 aromatic carbocycles. The van der Waals surface area contributed by atoms with Crippen molar-refractivity contribution in [3.05, 3.63) is 48.7 Å². The summed E-state index contributed by atoms with van der Waals surface area (Å²) in [6, 6.07) is 14.8. The maximum Gasteiger partial charge on any atom is 0.226 e. The van der Waals surface area contributed by atoms with Crippen LogP contribution >= 0.6 is 0 Å². The highest BCUT2D eigenvalue weighted by molar-refractivity contribution is 5.83. The number of hydrogen-bond acceptors (Lipinski definition) is 4. The molecule has 7 rings (SSSR count). The Kier molecular flexibility index (Phi) is 4.98. The summed E-state index contributed by atoms with van der Waals surface area (Å²) in [5.74, 6) is 1.59. The third kappa shape index (κ3) is 3.51. The fourth-order valence-corrected chi connectivity index (χ4v) is 7.32. The summed E-state index contributed by atoms with van der Waals surface area (Å²) in [4.78, 5) is 20.3. The highest BCUT2D eigenvalue weighted by Gasteiger charge is 2.58. The Hall–Kier alpha value is -2.40. The maximum atomic E-state index is 13.5. The molecule has 5 nitrogen and oxygen atoms in total. The molecule has 3 atom stereocenters. The number of aliphatic hydroxyl groups is 1. The number of rotatable bonds is 4. The van der Waals surface area contributed by atoms with Crippen molar-refractivity contribution in [3.8, 4) is 11.3 Å². The van der Waals surface area contributed by atoms with Gasteiger partial charge in [-0.25, -0.2) is 0 Å². The van der Waals surface area contributed by atoms with Gasteiger partial charge in [0.2, 0.25) is 5.91 Å². The summed E-state index contributed by atoms with van der Waals surface area (Å²) in [6.07, 6.45) is 8.84. The number of hydrogen-bond donors (Lipinski definition) is 2. The average Bonchev–Trinajstić information content (AvgIpc) is 2.83. The van der Waals surface area contributed by atoms with Crippen LogP contribution in [0.2, 0.25) is 0 Å². The van der Waals surface area contributed by atoms with Crippen LogP contribution in [0, 0.1) is 23.2 Å². The molecule has 5 fully saturated rings. The van der Waals surface area contributed by atoms with Gasteiger partial charge in [0.05, 0.1) is 17.2 Å². The van der Waals surface area contributed by atoms with E-state index >= 15 is 0 Å². The zero-order valence-corrected chi connectivity index (χ0v) is 18.6. The molecule has 1 aliphatic heterocycles. The smallest absolute Gasteiger partial charge is 0.226 e. The number of piperidine rings is 1. The Labute approximate surface area is 190 Å². The minimum Gasteiger partial charge on any atom is -0.393 e. The van der Waals surface area contributed by atoms with E-state index in [1.54, 1.807) is 0 Å². The Morgan fingerprint density at radius 3 is 2.56 bits per heavy atom. The summed E-state index contributed by atoms with van der Waals surface area (Å²) >= 11 is 0. The van der Waals surface area contributed by atoms with Crippen LogP contribution in [0.25, 0.3) is 11.3 Å². The van der Waals surface area contributed by atoms with Crippen LogP contribution in [0.3, 0.4) is 0 Å². The van der Waals surface area contributed by atoms with Crippen LogP contribution in [0.15, 0.2) is 48.7 Å². The number of amides is 1. The number of pyridine rings is 1. The first-order valence-corrected chi connectivity index (χ1v) is 12.4. The predicted octanol–water partition coefficient (Wildman–Crippen LogP) is 4.02. The largest absolute Gasteiger partial charge is 0.393 e. The van der Waals surface area contributed by atoms with Crippen molar-refractivity contribution in [3.63, 3.8) is 0 Å². The van der Waals surface area contributed by atoms with Gasteiger partial charge in [0, 0.05) is 36.6 Å². The van der Waals surface area contributed by atoms with Gasteiger partial charge in [0.15, 0.2) is 0 Å². The molecule has 2 N–H and O–H groups in total. The van der Waals surface area contributed by atoms with Crippen molar-refractivity contribution < 1.29 is 9.90 Å². The Morgan fingerprint density at radius 2 is 1.84 bits per heavy atom. The molecule has 1 amide bonds. The van der Waals surface area contributed by atoms with E-state index in [1.807, 2.05) is 24.4 Å². The molecular formula is C27H33N3O2. The Bertz CT molecular complexity index is 960. The normalized spacial score (nSPS) is 35.7. The summed E-state index contributed by atoms with van der Waals surface area (Å²) in [6.45, 7) is 1.89. The number of nitrogens with one attached hydrogen (secondary N) is 1. The molecule has 168 valence electrons. The molecular weight excluding hydrogens is 398 g/mol. The topological polar surface area (TPSA) is 65.5 Å². The predicted molar refractivity (Wildman–Crippen MR) is 125 cm³/mol. The quantitative estimate of drug-likeness (QED) is 0.767. The second-order valence-electron chi connectivity index (χ2n) is 10.8. The summed E-state index contributed by atoms with van der Waals surface area (Å²) in [7, 11) is 0. The first kappa shape index (κ1) is 20.2. The lowest BCUT2D eigenvalue weighted by atomic mass is 9.48. The van der Waals surface area contributed by atoms with E-state index in [1.165, 1.54) is 5.69 Å². The molecule has 32 heavy (non-hydrogen) atoms. The van der Waals surface area contributed by atoms with Crippen molar-refractivity contribution in [2.45, 2.75) is 57.1 Å². The second kappa shape index (κ2) is 7.87. The number of anilines is 1. The lowest BCUT2D eigenvalue weighted by Gasteiger charge is -2.58. The number of carbonyl (C=O) groups is 1. The van der Waals surface area contributed by atoms with Gasteiger partial charge in [-0.2, -0.15) is 0 Å². The number of aliphatic hydroxyl groups excluding tert-OH is 1. The van der Waals surface area contributed by atoms with E-state index in [2.05, 4.69) is 39.5 Å². The monoisotopic (exact) mass is 431 g/mol. The summed E-state index contributed by atoms with van der Waals surface area (Å²) in [5, 5.41) is 14.0. The zero-order valence-electron chi connectivity index (χ0n) is 18.6. The molecule has 5 heteroatoms. The molecule has 5 aliphatic rings. The third-order valence-corrected chi connectivity index (χ3v) is 8.65. The van der Waals surface area contributed by atoms with Gasteiger partial charge in [0.1, 0.15) is 0 Å². The van der Waals surface area contributed by atoms with E-state index in [4.69, 9.17) is 0 Å².